The molecule has 2 aromatic rings. The predicted octanol–water partition coefficient (Wildman–Crippen LogP) is 4.83. The number of nitrogens with zero attached hydrogens (tertiary/aromatic N) is 1. The molecule has 3 heteroatoms. The van der Waals surface area contributed by atoms with E-state index in [-0.39, 0.29) is 0 Å². The normalized spacial score (nSPS) is 18.7. The van der Waals surface area contributed by atoms with E-state index in [9.17, 15) is 5.11 Å². The average molecular weight is 378 g/mol. The van der Waals surface area contributed by atoms with E-state index in [1.165, 1.54) is 47.9 Å². The highest BCUT2D eigenvalue weighted by Gasteiger charge is 2.18. The molecule has 2 aliphatic rings. The predicted molar refractivity (Wildman–Crippen MR) is 114 cm³/mol. The molecule has 1 N–H and O–H groups in total. The molecule has 0 saturated heterocycles. The molecule has 0 spiro atoms. The van der Waals surface area contributed by atoms with E-state index in [0.29, 0.717) is 13.2 Å². The van der Waals surface area contributed by atoms with Gasteiger partial charge >= 0.3 is 0 Å². The number of allylic oxidation sites excluding steroid dienone is 2. The van der Waals surface area contributed by atoms with E-state index in [1.807, 2.05) is 6.07 Å². The molecule has 0 aromatic heterocycles. The van der Waals surface area contributed by atoms with Crippen molar-refractivity contribution in [3.8, 4) is 5.75 Å². The lowest BCUT2D eigenvalue weighted by Gasteiger charge is -2.30. The number of rotatable bonds is 6. The number of hydrogen-bond acceptors (Lipinski definition) is 3. The van der Waals surface area contributed by atoms with Crippen LogP contribution < -0.4 is 4.74 Å². The lowest BCUT2D eigenvalue weighted by atomic mass is 10.00. The third-order valence-electron chi connectivity index (χ3n) is 5.87. The Morgan fingerprint density at radius 3 is 2.79 bits per heavy atom. The van der Waals surface area contributed by atoms with Gasteiger partial charge < -0.3 is 9.84 Å². The smallest absolute Gasteiger partial charge is 0.120 e. The van der Waals surface area contributed by atoms with Crippen molar-refractivity contribution in [2.24, 2.45) is 0 Å². The second kappa shape index (κ2) is 9.40. The Labute approximate surface area is 168 Å². The fraction of sp³-hybridized carbons (Fsp3) is 0.440. The van der Waals surface area contributed by atoms with Crippen LogP contribution in [0.4, 0.5) is 0 Å². The Bertz CT molecular complexity index is 814. The quantitative estimate of drug-likeness (QED) is 0.782. The lowest BCUT2D eigenvalue weighted by Crippen LogP contribution is -2.38. The number of ether oxygens (including phenoxy) is 1. The first kappa shape index (κ1) is 19.2. The first-order valence-electron chi connectivity index (χ1n) is 10.7. The van der Waals surface area contributed by atoms with E-state index < -0.39 is 6.10 Å². The zero-order chi connectivity index (χ0) is 19.2. The maximum atomic E-state index is 10.5. The summed E-state index contributed by atoms with van der Waals surface area (Å²) in [5, 5.41) is 10.5. The van der Waals surface area contributed by atoms with E-state index in [0.717, 1.165) is 31.7 Å². The summed E-state index contributed by atoms with van der Waals surface area (Å²) in [7, 11) is 0. The molecule has 148 valence electrons. The van der Waals surface area contributed by atoms with Gasteiger partial charge in [0.15, 0.2) is 0 Å². The van der Waals surface area contributed by atoms with Crippen molar-refractivity contribution < 1.29 is 9.84 Å². The highest BCUT2D eigenvalue weighted by molar-refractivity contribution is 5.66. The van der Waals surface area contributed by atoms with Gasteiger partial charge in [0.2, 0.25) is 0 Å². The van der Waals surface area contributed by atoms with Crippen LogP contribution in [-0.2, 0) is 13.0 Å². The van der Waals surface area contributed by atoms with Gasteiger partial charge in [-0.15, -0.1) is 0 Å². The van der Waals surface area contributed by atoms with Crippen molar-refractivity contribution in [2.75, 3.05) is 19.7 Å². The monoisotopic (exact) mass is 377 g/mol. The summed E-state index contributed by atoms with van der Waals surface area (Å²) in [6.07, 6.45) is 9.19. The second-order valence-corrected chi connectivity index (χ2v) is 8.08. The fourth-order valence-electron chi connectivity index (χ4n) is 4.32. The van der Waals surface area contributed by atoms with Gasteiger partial charge in [0.05, 0.1) is 0 Å². The summed E-state index contributed by atoms with van der Waals surface area (Å²) in [6, 6.07) is 17.0. The van der Waals surface area contributed by atoms with Crippen molar-refractivity contribution in [3.05, 3.63) is 71.3 Å². The Morgan fingerprint density at radius 2 is 1.86 bits per heavy atom. The zero-order valence-electron chi connectivity index (χ0n) is 16.6. The molecule has 0 fully saturated rings. The summed E-state index contributed by atoms with van der Waals surface area (Å²) in [4.78, 5) is 2.32. The van der Waals surface area contributed by atoms with Crippen molar-refractivity contribution >= 4 is 5.57 Å². The van der Waals surface area contributed by atoms with Gasteiger partial charge in [-0.2, -0.15) is 0 Å². The molecule has 2 aromatic carbocycles. The van der Waals surface area contributed by atoms with Gasteiger partial charge in [-0.25, -0.2) is 0 Å². The van der Waals surface area contributed by atoms with Crippen LogP contribution in [0.25, 0.3) is 5.57 Å². The highest BCUT2D eigenvalue weighted by atomic mass is 16.5. The Balaban J connectivity index is 1.30. The maximum absolute atomic E-state index is 10.5. The van der Waals surface area contributed by atoms with Gasteiger partial charge in [-0.1, -0.05) is 48.9 Å². The van der Waals surface area contributed by atoms with Crippen LogP contribution >= 0.6 is 0 Å². The minimum atomic E-state index is -0.481. The summed E-state index contributed by atoms with van der Waals surface area (Å²) >= 11 is 0. The van der Waals surface area contributed by atoms with Crippen molar-refractivity contribution in [2.45, 2.75) is 51.2 Å². The first-order chi connectivity index (χ1) is 13.8. The average Bonchev–Trinajstić information content (AvgIpc) is 3.02. The Kier molecular flexibility index (Phi) is 6.45. The molecule has 1 aliphatic heterocycles. The van der Waals surface area contributed by atoms with Gasteiger partial charge in [-0.05, 0) is 66.5 Å². The Hall–Kier alpha value is -2.10. The number of fused-ring (bicyclic) bond motifs is 1. The van der Waals surface area contributed by atoms with Crippen molar-refractivity contribution in [1.29, 1.82) is 0 Å². The third kappa shape index (κ3) is 5.03. The van der Waals surface area contributed by atoms with Crippen LogP contribution in [0.3, 0.4) is 0 Å². The van der Waals surface area contributed by atoms with Crippen LogP contribution in [0.2, 0.25) is 0 Å². The molecular formula is C25H31NO2. The molecule has 1 heterocycles. The summed E-state index contributed by atoms with van der Waals surface area (Å²) < 4.78 is 5.94. The molecule has 0 bridgehead atoms. The lowest BCUT2D eigenvalue weighted by molar-refractivity contribution is 0.0638. The molecule has 1 atom stereocenters. The van der Waals surface area contributed by atoms with Gasteiger partial charge in [0.25, 0.3) is 0 Å². The fourth-order valence-corrected chi connectivity index (χ4v) is 4.32. The van der Waals surface area contributed by atoms with Crippen LogP contribution in [0, 0.1) is 0 Å². The van der Waals surface area contributed by atoms with Crippen molar-refractivity contribution in [1.82, 2.24) is 4.90 Å². The zero-order valence-corrected chi connectivity index (χ0v) is 16.6. The van der Waals surface area contributed by atoms with E-state index in [2.05, 4.69) is 53.4 Å². The van der Waals surface area contributed by atoms with E-state index in [1.54, 1.807) is 0 Å². The molecule has 1 aliphatic carbocycles. The molecule has 1 unspecified atom stereocenters. The molecule has 0 amide bonds. The number of hydrogen-bond donors (Lipinski definition) is 1. The summed E-state index contributed by atoms with van der Waals surface area (Å²) in [5.41, 5.74) is 5.53. The standard InChI is InChI=1S/C25H31NO2/c27-24(18-26-15-14-21-10-5-6-11-23(21)17-26)19-28-25-13-7-12-22(16-25)20-8-3-1-2-4-9-20/h5-8,10-13,16,24,27H,1-4,9,14-15,17-19H2. The van der Waals surface area contributed by atoms with Crippen molar-refractivity contribution in [3.63, 3.8) is 0 Å². The number of aliphatic hydroxyl groups is 1. The molecular weight excluding hydrogens is 346 g/mol. The number of aliphatic hydroxyl groups excluding tert-OH is 1. The van der Waals surface area contributed by atoms with Gasteiger partial charge in [-0.3, -0.25) is 4.90 Å². The molecule has 4 rings (SSSR count). The Morgan fingerprint density at radius 1 is 0.964 bits per heavy atom. The minimum absolute atomic E-state index is 0.334. The van der Waals surface area contributed by atoms with Gasteiger partial charge in [0, 0.05) is 19.6 Å². The highest BCUT2D eigenvalue weighted by Crippen LogP contribution is 2.28. The van der Waals surface area contributed by atoms with E-state index >= 15 is 0 Å². The topological polar surface area (TPSA) is 32.7 Å². The minimum Gasteiger partial charge on any atom is -0.491 e. The third-order valence-corrected chi connectivity index (χ3v) is 5.87. The van der Waals surface area contributed by atoms with Gasteiger partial charge in [0.1, 0.15) is 18.5 Å². The van der Waals surface area contributed by atoms with Crippen LogP contribution in [0.15, 0.2) is 54.6 Å². The molecule has 0 saturated carbocycles. The number of benzene rings is 2. The molecule has 3 nitrogen and oxygen atoms in total. The molecule has 0 radical (unpaired) electrons. The van der Waals surface area contributed by atoms with Crippen LogP contribution in [0.1, 0.15) is 48.8 Å². The largest absolute Gasteiger partial charge is 0.491 e. The maximum Gasteiger partial charge on any atom is 0.120 e. The second-order valence-electron chi connectivity index (χ2n) is 8.08. The number of β-amino-alcohol motifs (C(OH)–C–C–N with tert-alkyl or cyclic N) is 1. The summed E-state index contributed by atoms with van der Waals surface area (Å²) in [5.74, 6) is 0.852. The van der Waals surface area contributed by atoms with E-state index in [4.69, 9.17) is 4.74 Å². The van der Waals surface area contributed by atoms with Crippen LogP contribution in [-0.4, -0.2) is 35.8 Å². The molecule has 28 heavy (non-hydrogen) atoms. The van der Waals surface area contributed by atoms with Crippen LogP contribution in [0.5, 0.6) is 5.75 Å². The first-order valence-corrected chi connectivity index (χ1v) is 10.7. The summed E-state index contributed by atoms with van der Waals surface area (Å²) in [6.45, 7) is 2.90. The SMILES string of the molecule is OC(COc1cccc(C2=CCCCCC2)c1)CN1CCc2ccccc2C1.